The molecule has 1 aliphatic heterocycles. The van der Waals surface area contributed by atoms with Crippen LogP contribution in [0.15, 0.2) is 79.0 Å². The van der Waals surface area contributed by atoms with E-state index >= 15 is 0 Å². The Morgan fingerprint density at radius 2 is 1.71 bits per heavy atom. The first-order chi connectivity index (χ1) is 19.6. The largest absolute Gasteiger partial charge is 0.458 e. The molecule has 0 radical (unpaired) electrons. The van der Waals surface area contributed by atoms with Crippen molar-refractivity contribution in [1.29, 1.82) is 0 Å². The second kappa shape index (κ2) is 13.1. The van der Waals surface area contributed by atoms with E-state index in [1.807, 2.05) is 36.4 Å². The highest BCUT2D eigenvalue weighted by Crippen LogP contribution is 2.36. The predicted molar refractivity (Wildman–Crippen MR) is 152 cm³/mol. The number of aromatic nitrogens is 1. The fourth-order valence-electron chi connectivity index (χ4n) is 4.58. The van der Waals surface area contributed by atoms with E-state index in [2.05, 4.69) is 15.6 Å². The molecular formula is C31H34N4O6. The summed E-state index contributed by atoms with van der Waals surface area (Å²) < 4.78 is 10.9. The number of urea groups is 1. The molecule has 2 heterocycles. The molecule has 0 spiro atoms. The molecule has 41 heavy (non-hydrogen) atoms. The summed E-state index contributed by atoms with van der Waals surface area (Å²) in [5.74, 6) is -1.47. The first-order valence-electron chi connectivity index (χ1n) is 13.4. The van der Waals surface area contributed by atoms with Gasteiger partial charge in [0.2, 0.25) is 5.91 Å². The van der Waals surface area contributed by atoms with E-state index in [0.29, 0.717) is 24.2 Å². The van der Waals surface area contributed by atoms with E-state index in [4.69, 9.17) is 9.47 Å². The highest BCUT2D eigenvalue weighted by atomic mass is 16.6. The topological polar surface area (TPSA) is 127 Å². The number of anilines is 1. The number of nitrogens with zero attached hydrogens (tertiary/aromatic N) is 2. The average Bonchev–Trinajstić information content (AvgIpc) is 3.41. The van der Waals surface area contributed by atoms with Gasteiger partial charge in [0.1, 0.15) is 18.2 Å². The summed E-state index contributed by atoms with van der Waals surface area (Å²) in [6.07, 6.45) is 2.59. The summed E-state index contributed by atoms with van der Waals surface area (Å²) in [5, 5.41) is 5.19. The summed E-state index contributed by atoms with van der Waals surface area (Å²) in [6.45, 7) is 5.08. The highest BCUT2D eigenvalue weighted by molar-refractivity contribution is 5.95. The fourth-order valence-corrected chi connectivity index (χ4v) is 4.58. The Balaban J connectivity index is 1.37. The molecule has 2 aromatic carbocycles. The van der Waals surface area contributed by atoms with Gasteiger partial charge >= 0.3 is 18.0 Å². The third kappa shape index (κ3) is 8.14. The van der Waals surface area contributed by atoms with E-state index in [-0.39, 0.29) is 18.7 Å². The number of esters is 2. The second-order valence-electron chi connectivity index (χ2n) is 10.6. The van der Waals surface area contributed by atoms with Crippen LogP contribution in [0.2, 0.25) is 0 Å². The maximum absolute atomic E-state index is 13.4. The van der Waals surface area contributed by atoms with Gasteiger partial charge in [-0.2, -0.15) is 0 Å². The molecule has 3 amide bonds. The van der Waals surface area contributed by atoms with Crippen LogP contribution in [0.5, 0.6) is 0 Å². The average molecular weight is 559 g/mol. The third-order valence-corrected chi connectivity index (χ3v) is 6.35. The lowest BCUT2D eigenvalue weighted by Gasteiger charge is -2.31. The number of hydrogen-bond acceptors (Lipinski definition) is 7. The zero-order valence-corrected chi connectivity index (χ0v) is 23.3. The Morgan fingerprint density at radius 3 is 2.41 bits per heavy atom. The van der Waals surface area contributed by atoms with Crippen molar-refractivity contribution in [3.8, 4) is 0 Å². The van der Waals surface area contributed by atoms with Crippen molar-refractivity contribution in [3.05, 3.63) is 95.8 Å². The molecule has 1 fully saturated rings. The van der Waals surface area contributed by atoms with Gasteiger partial charge in [-0.05, 0) is 69.5 Å². The summed E-state index contributed by atoms with van der Waals surface area (Å²) in [4.78, 5) is 57.4. The van der Waals surface area contributed by atoms with Gasteiger partial charge in [0.25, 0.3) is 0 Å². The number of carbonyl (C=O) groups is 4. The lowest BCUT2D eigenvalue weighted by molar-refractivity contribution is -0.164. The fraction of sp³-hybridized carbons (Fsp3) is 0.323. The zero-order chi connectivity index (χ0) is 29.4. The van der Waals surface area contributed by atoms with E-state index < -0.39 is 41.6 Å². The molecule has 1 aliphatic rings. The van der Waals surface area contributed by atoms with E-state index in [1.54, 1.807) is 57.3 Å². The number of hydrogen-bond donors (Lipinski definition) is 2. The van der Waals surface area contributed by atoms with Crippen molar-refractivity contribution in [2.75, 3.05) is 11.9 Å². The summed E-state index contributed by atoms with van der Waals surface area (Å²) in [6, 6.07) is 19.2. The SMILES string of the molecule is CC(C)(C)OC(=O)C1CCC(c2ccccn2)N1C(=O)CNC(=O)Nc1cccc(C(=O)OCc2ccccc2)c1. The minimum atomic E-state index is -0.794. The van der Waals surface area contributed by atoms with Crippen LogP contribution in [0.3, 0.4) is 0 Å². The summed E-state index contributed by atoms with van der Waals surface area (Å²) in [5.41, 5.74) is 1.42. The molecule has 1 saturated heterocycles. The predicted octanol–water partition coefficient (Wildman–Crippen LogP) is 4.63. The van der Waals surface area contributed by atoms with Crippen LogP contribution in [-0.4, -0.2) is 51.9 Å². The molecule has 10 nitrogen and oxygen atoms in total. The van der Waals surface area contributed by atoms with Crippen LogP contribution < -0.4 is 10.6 Å². The summed E-state index contributed by atoms with van der Waals surface area (Å²) >= 11 is 0. The Bertz CT molecular complexity index is 1370. The van der Waals surface area contributed by atoms with Gasteiger partial charge in [0.15, 0.2) is 0 Å². The van der Waals surface area contributed by atoms with Gasteiger partial charge < -0.3 is 25.0 Å². The number of nitrogens with one attached hydrogen (secondary N) is 2. The Labute approximate surface area is 239 Å². The number of rotatable bonds is 8. The van der Waals surface area contributed by atoms with Crippen LogP contribution in [0, 0.1) is 0 Å². The lowest BCUT2D eigenvalue weighted by atomic mass is 10.1. The minimum absolute atomic E-state index is 0.125. The maximum atomic E-state index is 13.4. The quantitative estimate of drug-likeness (QED) is 0.386. The number of benzene rings is 2. The van der Waals surface area contributed by atoms with Crippen LogP contribution >= 0.6 is 0 Å². The first-order valence-corrected chi connectivity index (χ1v) is 13.4. The van der Waals surface area contributed by atoms with Gasteiger partial charge in [0, 0.05) is 11.9 Å². The maximum Gasteiger partial charge on any atom is 0.338 e. The van der Waals surface area contributed by atoms with E-state index in [0.717, 1.165) is 5.56 Å². The van der Waals surface area contributed by atoms with Crippen molar-refractivity contribution in [1.82, 2.24) is 15.2 Å². The molecule has 2 N–H and O–H groups in total. The van der Waals surface area contributed by atoms with Crippen molar-refractivity contribution in [3.63, 3.8) is 0 Å². The van der Waals surface area contributed by atoms with Crippen molar-refractivity contribution in [2.45, 2.75) is 57.9 Å². The molecule has 2 unspecified atom stereocenters. The van der Waals surface area contributed by atoms with E-state index in [1.165, 1.54) is 11.0 Å². The van der Waals surface area contributed by atoms with Crippen LogP contribution in [-0.2, 0) is 25.7 Å². The van der Waals surface area contributed by atoms with E-state index in [9.17, 15) is 19.2 Å². The van der Waals surface area contributed by atoms with Crippen molar-refractivity contribution < 1.29 is 28.7 Å². The van der Waals surface area contributed by atoms with Gasteiger partial charge in [-0.3, -0.25) is 9.78 Å². The highest BCUT2D eigenvalue weighted by Gasteiger charge is 2.43. The second-order valence-corrected chi connectivity index (χ2v) is 10.6. The third-order valence-electron chi connectivity index (χ3n) is 6.35. The number of pyridine rings is 1. The van der Waals surface area contributed by atoms with Crippen LogP contribution in [0.25, 0.3) is 0 Å². The first kappa shape index (κ1) is 29.3. The molecule has 4 rings (SSSR count). The molecule has 1 aromatic heterocycles. The van der Waals surface area contributed by atoms with Crippen molar-refractivity contribution in [2.24, 2.45) is 0 Å². The monoisotopic (exact) mass is 558 g/mol. The van der Waals surface area contributed by atoms with Gasteiger partial charge in [0.05, 0.1) is 23.8 Å². The minimum Gasteiger partial charge on any atom is -0.458 e. The summed E-state index contributed by atoms with van der Waals surface area (Å²) in [7, 11) is 0. The Kier molecular flexibility index (Phi) is 9.34. The molecule has 0 bridgehead atoms. The van der Waals surface area contributed by atoms with Gasteiger partial charge in [-0.1, -0.05) is 42.5 Å². The Hall–Kier alpha value is -4.73. The standard InChI is InChI=1S/C31H34N4O6/c1-31(2,3)41-29(38)26-16-15-25(24-14-7-8-17-32-24)35(26)27(36)19-33-30(39)34-23-13-9-12-22(18-23)28(37)40-20-21-10-5-4-6-11-21/h4-14,17-18,25-26H,15-16,19-20H2,1-3H3,(H2,33,34,39). The number of ether oxygens (including phenoxy) is 2. The zero-order valence-electron chi connectivity index (χ0n) is 23.3. The molecule has 3 aromatic rings. The van der Waals surface area contributed by atoms with Crippen LogP contribution in [0.4, 0.5) is 10.5 Å². The van der Waals surface area contributed by atoms with Gasteiger partial charge in [-0.15, -0.1) is 0 Å². The number of carbonyl (C=O) groups excluding carboxylic acids is 4. The number of likely N-dealkylation sites (tertiary alicyclic amines) is 1. The van der Waals surface area contributed by atoms with Crippen LogP contribution in [0.1, 0.15) is 61.3 Å². The van der Waals surface area contributed by atoms with Crippen molar-refractivity contribution >= 4 is 29.6 Å². The van der Waals surface area contributed by atoms with Gasteiger partial charge in [-0.25, -0.2) is 14.4 Å². The Morgan fingerprint density at radius 1 is 0.951 bits per heavy atom. The molecule has 0 aliphatic carbocycles. The molecule has 0 saturated carbocycles. The molecule has 10 heteroatoms. The normalized spacial score (nSPS) is 16.5. The molecular weight excluding hydrogens is 524 g/mol. The lowest BCUT2D eigenvalue weighted by Crippen LogP contribution is -2.48. The molecule has 2 atom stereocenters. The smallest absolute Gasteiger partial charge is 0.338 e. The molecule has 214 valence electrons. The number of amides is 3.